The summed E-state index contributed by atoms with van der Waals surface area (Å²) >= 11 is 0. The molecule has 6 nitrogen and oxygen atoms in total. The summed E-state index contributed by atoms with van der Waals surface area (Å²) in [6.45, 7) is 8.14. The first-order chi connectivity index (χ1) is 13.8. The van der Waals surface area contributed by atoms with Gasteiger partial charge in [0.15, 0.2) is 0 Å². The molecule has 0 radical (unpaired) electrons. The van der Waals surface area contributed by atoms with E-state index in [0.717, 1.165) is 22.4 Å². The van der Waals surface area contributed by atoms with Gasteiger partial charge in [0.2, 0.25) is 11.7 Å². The van der Waals surface area contributed by atoms with Crippen LogP contribution in [0.5, 0.6) is 0 Å². The second-order valence-corrected chi connectivity index (χ2v) is 7.58. The third-order valence-corrected chi connectivity index (χ3v) is 5.28. The zero-order valence-electron chi connectivity index (χ0n) is 17.2. The molecule has 1 fully saturated rings. The van der Waals surface area contributed by atoms with E-state index >= 15 is 0 Å². The molecule has 1 aliphatic heterocycles. The van der Waals surface area contributed by atoms with Crippen LogP contribution in [-0.4, -0.2) is 60.1 Å². The Labute approximate surface area is 171 Å². The third-order valence-electron chi connectivity index (χ3n) is 5.28. The van der Waals surface area contributed by atoms with Crippen molar-refractivity contribution in [2.75, 3.05) is 38.0 Å². The lowest BCUT2D eigenvalue weighted by atomic mass is 10.1. The van der Waals surface area contributed by atoms with Gasteiger partial charge in [-0.1, -0.05) is 48.0 Å². The molecule has 2 aromatic carbocycles. The van der Waals surface area contributed by atoms with Crippen LogP contribution in [0.1, 0.15) is 27.0 Å². The maximum atomic E-state index is 12.5. The summed E-state index contributed by atoms with van der Waals surface area (Å²) in [6, 6.07) is 12.9. The second kappa shape index (κ2) is 9.01. The highest BCUT2D eigenvalue weighted by molar-refractivity contribution is 6.42. The highest BCUT2D eigenvalue weighted by atomic mass is 16.2. The van der Waals surface area contributed by atoms with E-state index in [1.54, 1.807) is 17.0 Å². The van der Waals surface area contributed by atoms with Crippen molar-refractivity contribution in [3.63, 3.8) is 0 Å². The number of hydrogen-bond acceptors (Lipinski definition) is 4. The maximum absolute atomic E-state index is 12.5. The summed E-state index contributed by atoms with van der Waals surface area (Å²) < 4.78 is 0. The molecule has 0 atom stereocenters. The van der Waals surface area contributed by atoms with Gasteiger partial charge in [0.25, 0.3) is 5.91 Å². The van der Waals surface area contributed by atoms with E-state index in [1.165, 1.54) is 0 Å². The smallest absolute Gasteiger partial charge is 0.295 e. The van der Waals surface area contributed by atoms with Gasteiger partial charge in [0.05, 0.1) is 6.54 Å². The molecule has 6 heteroatoms. The van der Waals surface area contributed by atoms with Crippen molar-refractivity contribution in [1.82, 2.24) is 9.80 Å². The van der Waals surface area contributed by atoms with Crippen molar-refractivity contribution in [3.05, 3.63) is 64.7 Å². The zero-order valence-corrected chi connectivity index (χ0v) is 17.2. The average molecular weight is 393 g/mol. The van der Waals surface area contributed by atoms with Gasteiger partial charge < -0.3 is 10.2 Å². The van der Waals surface area contributed by atoms with Crippen LogP contribution in [-0.2, 0) is 9.59 Å². The Hall–Kier alpha value is -2.99. The zero-order chi connectivity index (χ0) is 21.0. The van der Waals surface area contributed by atoms with Crippen LogP contribution in [0.15, 0.2) is 42.5 Å². The molecule has 1 aliphatic rings. The number of aryl methyl sites for hydroxylation is 3. The number of anilines is 1. The monoisotopic (exact) mass is 393 g/mol. The number of amides is 2. The van der Waals surface area contributed by atoms with Gasteiger partial charge in [-0.25, -0.2) is 0 Å². The fourth-order valence-electron chi connectivity index (χ4n) is 3.47. The fourth-order valence-corrected chi connectivity index (χ4v) is 3.47. The summed E-state index contributed by atoms with van der Waals surface area (Å²) in [6.07, 6.45) is 0. The number of nitrogens with zero attached hydrogens (tertiary/aromatic N) is 2. The Morgan fingerprint density at radius 2 is 1.45 bits per heavy atom. The number of piperazine rings is 1. The van der Waals surface area contributed by atoms with Crippen LogP contribution in [0, 0.1) is 20.8 Å². The van der Waals surface area contributed by atoms with Crippen LogP contribution in [0.3, 0.4) is 0 Å². The van der Waals surface area contributed by atoms with Gasteiger partial charge in [-0.15, -0.1) is 0 Å². The lowest BCUT2D eigenvalue weighted by Gasteiger charge is -2.34. The Morgan fingerprint density at radius 3 is 2.03 bits per heavy atom. The first-order valence-corrected chi connectivity index (χ1v) is 9.84. The van der Waals surface area contributed by atoms with Gasteiger partial charge >= 0.3 is 0 Å². The molecule has 0 aromatic heterocycles. The average Bonchev–Trinajstić information content (AvgIpc) is 2.71. The molecular formula is C23H27N3O3. The lowest BCUT2D eigenvalue weighted by Crippen LogP contribution is -2.52. The van der Waals surface area contributed by atoms with Crippen molar-refractivity contribution in [1.29, 1.82) is 0 Å². The lowest BCUT2D eigenvalue weighted by molar-refractivity contribution is -0.128. The molecule has 0 unspecified atom stereocenters. The minimum atomic E-state index is -0.480. The van der Waals surface area contributed by atoms with Gasteiger partial charge in [-0.05, 0) is 31.9 Å². The molecule has 2 aromatic rings. The van der Waals surface area contributed by atoms with Crippen LogP contribution < -0.4 is 5.32 Å². The van der Waals surface area contributed by atoms with Gasteiger partial charge in [0.1, 0.15) is 0 Å². The molecule has 152 valence electrons. The molecule has 0 spiro atoms. The Kier molecular flexibility index (Phi) is 6.44. The number of rotatable bonds is 5. The molecule has 1 heterocycles. The number of nitrogens with one attached hydrogen (secondary N) is 1. The van der Waals surface area contributed by atoms with Crippen molar-refractivity contribution in [2.45, 2.75) is 20.8 Å². The van der Waals surface area contributed by atoms with E-state index in [9.17, 15) is 14.4 Å². The minimum absolute atomic E-state index is 0.0714. The molecular weight excluding hydrogens is 366 g/mol. The number of hydrogen-bond donors (Lipinski definition) is 1. The SMILES string of the molecule is Cc1ccc(C(=O)C(=O)N2CCN(CC(=O)Nc3c(C)cccc3C)CC2)cc1. The Balaban J connectivity index is 1.51. The molecule has 0 bridgehead atoms. The molecule has 0 saturated carbocycles. The van der Waals surface area contributed by atoms with Crippen LogP contribution in [0.25, 0.3) is 0 Å². The molecule has 3 rings (SSSR count). The number of carbonyl (C=O) groups excluding carboxylic acids is 3. The van der Waals surface area contributed by atoms with E-state index in [4.69, 9.17) is 0 Å². The standard InChI is InChI=1S/C23H27N3O3/c1-16-7-9-19(10-8-16)22(28)23(29)26-13-11-25(12-14-26)15-20(27)24-21-17(2)5-4-6-18(21)3/h4-10H,11-15H2,1-3H3,(H,24,27). The fraction of sp³-hybridized carbons (Fsp3) is 0.348. The largest absolute Gasteiger partial charge is 0.333 e. The highest BCUT2D eigenvalue weighted by Crippen LogP contribution is 2.19. The minimum Gasteiger partial charge on any atom is -0.333 e. The first kappa shape index (κ1) is 20.7. The van der Waals surface area contributed by atoms with Crippen molar-refractivity contribution in [2.24, 2.45) is 0 Å². The van der Waals surface area contributed by atoms with Crippen LogP contribution in [0.2, 0.25) is 0 Å². The summed E-state index contributed by atoms with van der Waals surface area (Å²) in [5, 5.41) is 2.99. The Bertz CT molecular complexity index is 893. The van der Waals surface area contributed by atoms with Crippen molar-refractivity contribution >= 4 is 23.3 Å². The summed E-state index contributed by atoms with van der Waals surface area (Å²) in [7, 11) is 0. The number of Topliss-reactive ketones (excluding diaryl/α,β-unsaturated/α-hetero) is 1. The predicted octanol–water partition coefficient (Wildman–Crippen LogP) is 2.58. The highest BCUT2D eigenvalue weighted by Gasteiger charge is 2.27. The maximum Gasteiger partial charge on any atom is 0.295 e. The predicted molar refractivity (Wildman–Crippen MR) is 113 cm³/mol. The van der Waals surface area contributed by atoms with Crippen LogP contribution >= 0.6 is 0 Å². The van der Waals surface area contributed by atoms with E-state index in [0.29, 0.717) is 31.7 Å². The van der Waals surface area contributed by atoms with Gasteiger partial charge in [0, 0.05) is 37.4 Å². The van der Waals surface area contributed by atoms with E-state index in [-0.39, 0.29) is 12.5 Å². The van der Waals surface area contributed by atoms with E-state index in [2.05, 4.69) is 5.32 Å². The molecule has 1 N–H and O–H groups in total. The second-order valence-electron chi connectivity index (χ2n) is 7.58. The molecule has 0 aliphatic carbocycles. The van der Waals surface area contributed by atoms with E-state index in [1.807, 2.05) is 56.0 Å². The number of ketones is 1. The summed E-state index contributed by atoms with van der Waals surface area (Å²) in [5.74, 6) is -1.03. The van der Waals surface area contributed by atoms with E-state index < -0.39 is 11.7 Å². The number of para-hydroxylation sites is 1. The summed E-state index contributed by atoms with van der Waals surface area (Å²) in [5.41, 5.74) is 4.37. The molecule has 1 saturated heterocycles. The molecule has 29 heavy (non-hydrogen) atoms. The van der Waals surface area contributed by atoms with Crippen LogP contribution in [0.4, 0.5) is 5.69 Å². The third kappa shape index (κ3) is 5.09. The topological polar surface area (TPSA) is 69.7 Å². The van der Waals surface area contributed by atoms with Crippen molar-refractivity contribution < 1.29 is 14.4 Å². The normalized spacial score (nSPS) is 14.5. The van der Waals surface area contributed by atoms with Gasteiger partial charge in [-0.3, -0.25) is 19.3 Å². The Morgan fingerprint density at radius 1 is 0.862 bits per heavy atom. The number of carbonyl (C=O) groups is 3. The number of benzene rings is 2. The first-order valence-electron chi connectivity index (χ1n) is 9.84. The quantitative estimate of drug-likeness (QED) is 0.626. The summed E-state index contributed by atoms with van der Waals surface area (Å²) in [4.78, 5) is 40.9. The molecule has 2 amide bonds. The van der Waals surface area contributed by atoms with Crippen molar-refractivity contribution in [3.8, 4) is 0 Å². The van der Waals surface area contributed by atoms with Gasteiger partial charge in [-0.2, -0.15) is 0 Å².